The zero-order valence-corrected chi connectivity index (χ0v) is 39.6. The SMILES string of the molecule is CC/C=C\C/C=C\C/C=C\C/C=C\C/C=C\C/C=C\CCCCC(=O)OCC(COP(=O)(O)OCCN)OC(=O)CCCC/C=C\C/C=C\C/C=C\C/C=C\C/C=C\C/C=C\CC. The molecule has 0 spiro atoms. The molecular formula is C53H82NO8P. The Morgan fingerprint density at radius 1 is 0.476 bits per heavy atom. The Morgan fingerprint density at radius 3 is 1.16 bits per heavy atom. The van der Waals surface area contributed by atoms with Gasteiger partial charge in [-0.1, -0.05) is 160 Å². The van der Waals surface area contributed by atoms with Gasteiger partial charge < -0.3 is 20.1 Å². The van der Waals surface area contributed by atoms with Crippen LogP contribution >= 0.6 is 7.82 Å². The molecule has 0 aliphatic carbocycles. The smallest absolute Gasteiger partial charge is 0.462 e. The van der Waals surface area contributed by atoms with E-state index in [-0.39, 0.29) is 32.6 Å². The summed E-state index contributed by atoms with van der Waals surface area (Å²) in [6.45, 7) is 3.36. The number of esters is 2. The highest BCUT2D eigenvalue weighted by Gasteiger charge is 2.25. The van der Waals surface area contributed by atoms with Crippen molar-refractivity contribution in [1.82, 2.24) is 0 Å². The fraction of sp³-hybridized carbons (Fsp3) is 0.509. The van der Waals surface area contributed by atoms with Gasteiger partial charge in [-0.15, -0.1) is 0 Å². The van der Waals surface area contributed by atoms with Crippen molar-refractivity contribution in [2.45, 2.75) is 148 Å². The van der Waals surface area contributed by atoms with Gasteiger partial charge in [0.2, 0.25) is 0 Å². The number of ether oxygens (including phenoxy) is 2. The summed E-state index contributed by atoms with van der Waals surface area (Å²) in [6.07, 6.45) is 67.4. The second-order valence-corrected chi connectivity index (χ2v) is 16.0. The minimum atomic E-state index is -4.42. The lowest BCUT2D eigenvalue weighted by atomic mass is 10.1. The van der Waals surface area contributed by atoms with E-state index in [1.165, 1.54) is 0 Å². The van der Waals surface area contributed by atoms with E-state index in [4.69, 9.17) is 24.3 Å². The van der Waals surface area contributed by atoms with Crippen molar-refractivity contribution in [3.8, 4) is 0 Å². The monoisotopic (exact) mass is 892 g/mol. The predicted octanol–water partition coefficient (Wildman–Crippen LogP) is 14.0. The van der Waals surface area contributed by atoms with E-state index in [9.17, 15) is 19.0 Å². The Labute approximate surface area is 382 Å². The van der Waals surface area contributed by atoms with Crippen LogP contribution in [0.25, 0.3) is 0 Å². The number of phosphoric acid groups is 1. The third kappa shape index (κ3) is 47.2. The van der Waals surface area contributed by atoms with E-state index >= 15 is 0 Å². The highest BCUT2D eigenvalue weighted by molar-refractivity contribution is 7.47. The molecule has 10 heteroatoms. The molecule has 352 valence electrons. The van der Waals surface area contributed by atoms with Crippen LogP contribution in [0.15, 0.2) is 146 Å². The second kappa shape index (κ2) is 47.4. The molecule has 0 aromatic heterocycles. The van der Waals surface area contributed by atoms with Crippen LogP contribution in [-0.2, 0) is 32.7 Å². The summed E-state index contributed by atoms with van der Waals surface area (Å²) >= 11 is 0. The number of allylic oxidation sites excluding steroid dienone is 24. The number of hydrogen-bond donors (Lipinski definition) is 2. The molecule has 2 unspecified atom stereocenters. The van der Waals surface area contributed by atoms with Crippen LogP contribution < -0.4 is 5.73 Å². The summed E-state index contributed by atoms with van der Waals surface area (Å²) in [5.74, 6) is -0.948. The molecule has 0 aromatic rings. The van der Waals surface area contributed by atoms with Crippen molar-refractivity contribution < 1.29 is 37.6 Å². The van der Waals surface area contributed by atoms with Crippen LogP contribution in [0.5, 0.6) is 0 Å². The van der Waals surface area contributed by atoms with Gasteiger partial charge in [-0.05, 0) is 116 Å². The summed E-state index contributed by atoms with van der Waals surface area (Å²) in [5, 5.41) is 0. The lowest BCUT2D eigenvalue weighted by Crippen LogP contribution is -2.29. The number of phosphoric ester groups is 1. The Balaban J connectivity index is 4.33. The molecule has 0 saturated carbocycles. The average molecular weight is 892 g/mol. The molecule has 0 heterocycles. The first-order chi connectivity index (χ1) is 30.8. The van der Waals surface area contributed by atoms with Crippen LogP contribution in [0.4, 0.5) is 0 Å². The number of nitrogens with two attached hydrogens (primary N) is 1. The van der Waals surface area contributed by atoms with Gasteiger partial charge in [-0.3, -0.25) is 18.6 Å². The van der Waals surface area contributed by atoms with Crippen LogP contribution in [-0.4, -0.2) is 49.3 Å². The maximum atomic E-state index is 12.6. The topological polar surface area (TPSA) is 134 Å². The van der Waals surface area contributed by atoms with E-state index in [0.717, 1.165) is 103 Å². The molecule has 3 N–H and O–H groups in total. The third-order valence-electron chi connectivity index (χ3n) is 8.72. The Bertz CT molecular complexity index is 1530. The van der Waals surface area contributed by atoms with Crippen LogP contribution in [0.1, 0.15) is 142 Å². The lowest BCUT2D eigenvalue weighted by Gasteiger charge is -2.19. The van der Waals surface area contributed by atoms with Gasteiger partial charge in [0.25, 0.3) is 0 Å². The summed E-state index contributed by atoms with van der Waals surface area (Å²) in [7, 11) is -4.42. The van der Waals surface area contributed by atoms with Gasteiger partial charge in [0, 0.05) is 19.4 Å². The van der Waals surface area contributed by atoms with Crippen LogP contribution in [0.3, 0.4) is 0 Å². The van der Waals surface area contributed by atoms with Gasteiger partial charge in [-0.2, -0.15) is 0 Å². The number of carbonyl (C=O) groups is 2. The number of carbonyl (C=O) groups excluding carboxylic acids is 2. The van der Waals surface area contributed by atoms with Gasteiger partial charge in [-0.25, -0.2) is 4.57 Å². The Kier molecular flexibility index (Phi) is 44.3. The summed E-state index contributed by atoms with van der Waals surface area (Å²) in [4.78, 5) is 35.0. The molecule has 0 radical (unpaired) electrons. The maximum absolute atomic E-state index is 12.6. The van der Waals surface area contributed by atoms with Crippen LogP contribution in [0.2, 0.25) is 0 Å². The minimum absolute atomic E-state index is 0.0304. The second-order valence-electron chi connectivity index (χ2n) is 14.5. The molecule has 0 bridgehead atoms. The summed E-state index contributed by atoms with van der Waals surface area (Å²) in [5.41, 5.74) is 5.35. The van der Waals surface area contributed by atoms with E-state index < -0.39 is 32.5 Å². The highest BCUT2D eigenvalue weighted by Crippen LogP contribution is 2.43. The van der Waals surface area contributed by atoms with Gasteiger partial charge >= 0.3 is 19.8 Å². The van der Waals surface area contributed by atoms with Crippen molar-refractivity contribution in [3.05, 3.63) is 146 Å². The van der Waals surface area contributed by atoms with E-state index in [1.54, 1.807) is 0 Å². The normalized spacial score (nSPS) is 14.5. The van der Waals surface area contributed by atoms with Gasteiger partial charge in [0.05, 0.1) is 13.2 Å². The Hall–Kier alpha value is -4.11. The van der Waals surface area contributed by atoms with Crippen molar-refractivity contribution >= 4 is 19.8 Å². The molecule has 0 rings (SSSR count). The lowest BCUT2D eigenvalue weighted by molar-refractivity contribution is -0.161. The first-order valence-corrected chi connectivity index (χ1v) is 24.8. The zero-order valence-electron chi connectivity index (χ0n) is 38.7. The number of rotatable bonds is 41. The molecule has 0 amide bonds. The van der Waals surface area contributed by atoms with Crippen molar-refractivity contribution in [2.24, 2.45) is 5.73 Å². The van der Waals surface area contributed by atoms with Crippen molar-refractivity contribution in [1.29, 1.82) is 0 Å². The predicted molar refractivity (Wildman–Crippen MR) is 265 cm³/mol. The molecule has 0 aliphatic rings. The zero-order chi connectivity index (χ0) is 46.0. The molecule has 63 heavy (non-hydrogen) atoms. The van der Waals surface area contributed by atoms with E-state index in [0.29, 0.717) is 12.8 Å². The third-order valence-corrected chi connectivity index (χ3v) is 9.70. The number of unbranched alkanes of at least 4 members (excludes halogenated alkanes) is 4. The quantitative estimate of drug-likeness (QED) is 0.0266. The molecule has 0 aromatic carbocycles. The number of hydrogen-bond acceptors (Lipinski definition) is 8. The average Bonchev–Trinajstić information content (AvgIpc) is 3.27. The molecule has 0 saturated heterocycles. The fourth-order valence-corrected chi connectivity index (χ4v) is 6.11. The van der Waals surface area contributed by atoms with E-state index in [1.807, 2.05) is 0 Å². The van der Waals surface area contributed by atoms with Crippen molar-refractivity contribution in [2.75, 3.05) is 26.4 Å². The molecule has 2 atom stereocenters. The Morgan fingerprint density at radius 2 is 0.810 bits per heavy atom. The molecule has 9 nitrogen and oxygen atoms in total. The standard InChI is InChI=1S/C53H82NO8P/c1-3-5-7-9-11-13-15-17-19-21-23-25-27-29-31-33-35-37-39-41-43-45-52(55)59-49-51(50-61-63(57,58)60-48-47-54)62-53(56)46-44-42-40-38-36-34-32-30-28-26-24-22-20-18-16-14-12-10-8-6-4-2/h5-8,11-14,17-20,23-26,29-32,35-38,51H,3-4,9-10,15-16,21-22,27-28,33-34,39-50,54H2,1-2H3,(H,57,58)/b7-5-,8-6-,13-11-,14-12-,19-17-,20-18-,25-23-,26-24-,31-29-,32-30-,37-35-,38-36-. The largest absolute Gasteiger partial charge is 0.472 e. The minimum Gasteiger partial charge on any atom is -0.462 e. The highest BCUT2D eigenvalue weighted by atomic mass is 31.2. The molecule has 0 aliphatic heterocycles. The molecule has 0 fully saturated rings. The summed E-state index contributed by atoms with van der Waals surface area (Å²) < 4.78 is 32.8. The summed E-state index contributed by atoms with van der Waals surface area (Å²) in [6, 6.07) is 0. The van der Waals surface area contributed by atoms with Crippen molar-refractivity contribution in [3.63, 3.8) is 0 Å². The molecular weight excluding hydrogens is 810 g/mol. The maximum Gasteiger partial charge on any atom is 0.472 e. The van der Waals surface area contributed by atoms with Gasteiger partial charge in [0.1, 0.15) is 6.61 Å². The first kappa shape index (κ1) is 58.9. The van der Waals surface area contributed by atoms with E-state index in [2.05, 4.69) is 160 Å². The fourth-order valence-electron chi connectivity index (χ4n) is 5.34. The van der Waals surface area contributed by atoms with Gasteiger partial charge in [0.15, 0.2) is 6.10 Å². The first-order valence-electron chi connectivity index (χ1n) is 23.3. The van der Waals surface area contributed by atoms with Crippen LogP contribution in [0, 0.1) is 0 Å².